The summed E-state index contributed by atoms with van der Waals surface area (Å²) in [5.74, 6) is 0. The number of rotatable bonds is 3. The summed E-state index contributed by atoms with van der Waals surface area (Å²) < 4.78 is 0. The van der Waals surface area contributed by atoms with E-state index in [9.17, 15) is 0 Å². The molecule has 0 saturated carbocycles. The zero-order valence-electron chi connectivity index (χ0n) is 9.93. The maximum atomic E-state index is 2.68. The van der Waals surface area contributed by atoms with Gasteiger partial charge in [0.25, 0.3) is 0 Å². The van der Waals surface area contributed by atoms with Gasteiger partial charge in [0, 0.05) is 18.6 Å². The lowest BCUT2D eigenvalue weighted by Gasteiger charge is -2.34. The molecule has 0 aromatic carbocycles. The predicted octanol–water partition coefficient (Wildman–Crippen LogP) is 3.30. The lowest BCUT2D eigenvalue weighted by atomic mass is 9.89. The average Bonchev–Trinajstić information content (AvgIpc) is 2.36. The van der Waals surface area contributed by atoms with Crippen molar-refractivity contribution >= 4 is 0 Å². The van der Waals surface area contributed by atoms with E-state index in [-0.39, 0.29) is 0 Å². The van der Waals surface area contributed by atoms with Gasteiger partial charge in [0.2, 0.25) is 0 Å². The predicted molar refractivity (Wildman–Crippen MR) is 58.9 cm³/mol. The van der Waals surface area contributed by atoms with Gasteiger partial charge in [0.05, 0.1) is 0 Å². The fourth-order valence-corrected chi connectivity index (χ4v) is 2.17. The molecule has 2 atom stereocenters. The average molecular weight is 183 g/mol. The zero-order valence-corrected chi connectivity index (χ0v) is 9.93. The van der Waals surface area contributed by atoms with Gasteiger partial charge >= 0.3 is 0 Å². The molecule has 0 radical (unpaired) electrons. The van der Waals surface area contributed by atoms with Crippen molar-refractivity contribution < 1.29 is 0 Å². The molecule has 1 rings (SSSR count). The molecule has 1 aliphatic rings. The quantitative estimate of drug-likeness (QED) is 0.649. The van der Waals surface area contributed by atoms with Crippen molar-refractivity contribution in [1.82, 2.24) is 4.90 Å². The highest BCUT2D eigenvalue weighted by Crippen LogP contribution is 2.29. The molecule has 0 amide bonds. The van der Waals surface area contributed by atoms with E-state index in [0.717, 1.165) is 12.1 Å². The van der Waals surface area contributed by atoms with Crippen molar-refractivity contribution in [2.45, 2.75) is 66.0 Å². The van der Waals surface area contributed by atoms with Gasteiger partial charge in [-0.15, -0.1) is 0 Å². The molecule has 78 valence electrons. The van der Waals surface area contributed by atoms with Crippen LogP contribution in [0.5, 0.6) is 0 Å². The summed E-state index contributed by atoms with van der Waals surface area (Å²) in [5.41, 5.74) is 0.493. The Morgan fingerprint density at radius 2 is 1.62 bits per heavy atom. The first-order chi connectivity index (χ1) is 5.96. The van der Waals surface area contributed by atoms with Gasteiger partial charge < -0.3 is 0 Å². The molecular formula is C12H25N. The second-order valence-corrected chi connectivity index (χ2v) is 5.47. The fourth-order valence-electron chi connectivity index (χ4n) is 2.17. The maximum absolute atomic E-state index is 2.68. The summed E-state index contributed by atoms with van der Waals surface area (Å²) in [4.78, 5) is 2.68. The Kier molecular flexibility index (Phi) is 3.39. The SMILES string of the molecule is CCC(C)(C)CN1C(C)CCC1C. The van der Waals surface area contributed by atoms with Crippen LogP contribution < -0.4 is 0 Å². The summed E-state index contributed by atoms with van der Waals surface area (Å²) in [6.07, 6.45) is 4.06. The lowest BCUT2D eigenvalue weighted by molar-refractivity contribution is 0.134. The summed E-state index contributed by atoms with van der Waals surface area (Å²) >= 11 is 0. The first-order valence-electron chi connectivity index (χ1n) is 5.72. The van der Waals surface area contributed by atoms with Crippen LogP contribution in [0.3, 0.4) is 0 Å². The Balaban J connectivity index is 2.52. The van der Waals surface area contributed by atoms with Crippen molar-refractivity contribution in [3.05, 3.63) is 0 Å². The second kappa shape index (κ2) is 4.00. The molecular weight excluding hydrogens is 158 g/mol. The van der Waals surface area contributed by atoms with Crippen LogP contribution >= 0.6 is 0 Å². The van der Waals surface area contributed by atoms with Gasteiger partial charge in [-0.3, -0.25) is 4.90 Å². The molecule has 1 saturated heterocycles. The minimum absolute atomic E-state index is 0.493. The lowest BCUT2D eigenvalue weighted by Crippen LogP contribution is -2.40. The van der Waals surface area contributed by atoms with Gasteiger partial charge in [-0.05, 0) is 38.5 Å². The van der Waals surface area contributed by atoms with Crippen LogP contribution in [-0.4, -0.2) is 23.5 Å². The van der Waals surface area contributed by atoms with Crippen LogP contribution in [0, 0.1) is 5.41 Å². The molecule has 1 heteroatoms. The Hall–Kier alpha value is -0.0400. The van der Waals surface area contributed by atoms with Gasteiger partial charge in [-0.1, -0.05) is 20.8 Å². The number of likely N-dealkylation sites (tertiary alicyclic amines) is 1. The van der Waals surface area contributed by atoms with Crippen molar-refractivity contribution in [2.75, 3.05) is 6.54 Å². The molecule has 0 aromatic heterocycles. The highest BCUT2D eigenvalue weighted by atomic mass is 15.2. The standard InChI is InChI=1S/C12H25N/c1-6-12(4,5)9-13-10(2)7-8-11(13)3/h10-11H,6-9H2,1-5H3. The summed E-state index contributed by atoms with van der Waals surface area (Å²) in [6, 6.07) is 1.61. The fraction of sp³-hybridized carbons (Fsp3) is 1.00. The second-order valence-electron chi connectivity index (χ2n) is 5.47. The van der Waals surface area contributed by atoms with Gasteiger partial charge in [0.1, 0.15) is 0 Å². The number of hydrogen-bond donors (Lipinski definition) is 0. The van der Waals surface area contributed by atoms with Gasteiger partial charge in [-0.2, -0.15) is 0 Å². The van der Waals surface area contributed by atoms with Gasteiger partial charge in [0.15, 0.2) is 0 Å². The summed E-state index contributed by atoms with van der Waals surface area (Å²) in [5, 5.41) is 0. The number of nitrogens with zero attached hydrogens (tertiary/aromatic N) is 1. The Bertz CT molecular complexity index is 153. The van der Waals surface area contributed by atoms with Crippen molar-refractivity contribution in [1.29, 1.82) is 0 Å². The molecule has 0 bridgehead atoms. The monoisotopic (exact) mass is 183 g/mol. The Morgan fingerprint density at radius 1 is 1.15 bits per heavy atom. The third-order valence-electron chi connectivity index (χ3n) is 3.70. The highest BCUT2D eigenvalue weighted by molar-refractivity contribution is 4.85. The normalized spacial score (nSPS) is 31.2. The molecule has 13 heavy (non-hydrogen) atoms. The van der Waals surface area contributed by atoms with Crippen molar-refractivity contribution in [2.24, 2.45) is 5.41 Å². The zero-order chi connectivity index (χ0) is 10.1. The van der Waals surface area contributed by atoms with E-state index in [1.807, 2.05) is 0 Å². The molecule has 0 spiro atoms. The number of hydrogen-bond acceptors (Lipinski definition) is 1. The summed E-state index contributed by atoms with van der Waals surface area (Å²) in [7, 11) is 0. The minimum atomic E-state index is 0.493. The Labute approximate surface area is 83.5 Å². The van der Waals surface area contributed by atoms with E-state index in [0.29, 0.717) is 5.41 Å². The summed E-state index contributed by atoms with van der Waals surface area (Å²) in [6.45, 7) is 13.1. The van der Waals surface area contributed by atoms with Crippen LogP contribution in [0.15, 0.2) is 0 Å². The van der Waals surface area contributed by atoms with Crippen molar-refractivity contribution in [3.8, 4) is 0 Å². The van der Waals surface area contributed by atoms with Crippen LogP contribution in [0.25, 0.3) is 0 Å². The molecule has 0 aliphatic carbocycles. The molecule has 1 nitrogen and oxygen atoms in total. The van der Waals surface area contributed by atoms with E-state index >= 15 is 0 Å². The van der Waals surface area contributed by atoms with E-state index in [1.54, 1.807) is 0 Å². The first-order valence-corrected chi connectivity index (χ1v) is 5.72. The minimum Gasteiger partial charge on any atom is -0.297 e. The first kappa shape index (κ1) is 11.0. The van der Waals surface area contributed by atoms with Crippen LogP contribution in [0.1, 0.15) is 53.9 Å². The van der Waals surface area contributed by atoms with Crippen molar-refractivity contribution in [3.63, 3.8) is 0 Å². The maximum Gasteiger partial charge on any atom is 0.00705 e. The third-order valence-corrected chi connectivity index (χ3v) is 3.70. The van der Waals surface area contributed by atoms with Gasteiger partial charge in [-0.25, -0.2) is 0 Å². The van der Waals surface area contributed by atoms with Crippen LogP contribution in [0.2, 0.25) is 0 Å². The third kappa shape index (κ3) is 2.70. The van der Waals surface area contributed by atoms with E-state index in [1.165, 1.54) is 25.8 Å². The van der Waals surface area contributed by atoms with Crippen LogP contribution in [-0.2, 0) is 0 Å². The molecule has 1 fully saturated rings. The highest BCUT2D eigenvalue weighted by Gasteiger charge is 2.31. The molecule has 1 aliphatic heterocycles. The molecule has 0 aromatic rings. The van der Waals surface area contributed by atoms with E-state index < -0.39 is 0 Å². The molecule has 0 N–H and O–H groups in total. The van der Waals surface area contributed by atoms with Crippen LogP contribution in [0.4, 0.5) is 0 Å². The van der Waals surface area contributed by atoms with E-state index in [2.05, 4.69) is 39.5 Å². The van der Waals surface area contributed by atoms with E-state index in [4.69, 9.17) is 0 Å². The topological polar surface area (TPSA) is 3.24 Å². The Morgan fingerprint density at radius 3 is 2.00 bits per heavy atom. The molecule has 2 unspecified atom stereocenters. The smallest absolute Gasteiger partial charge is 0.00705 e. The molecule has 1 heterocycles. The largest absolute Gasteiger partial charge is 0.297 e.